The molecule has 0 unspecified atom stereocenters. The van der Waals surface area contributed by atoms with Gasteiger partial charge in [0.15, 0.2) is 0 Å². The molecule has 2 rings (SSSR count). The van der Waals surface area contributed by atoms with Crippen LogP contribution in [0.5, 0.6) is 0 Å². The fourth-order valence-corrected chi connectivity index (χ4v) is 2.53. The summed E-state index contributed by atoms with van der Waals surface area (Å²) in [6, 6.07) is 6.65. The highest BCUT2D eigenvalue weighted by atomic mass is 32.1. The van der Waals surface area contributed by atoms with E-state index in [9.17, 15) is 9.59 Å². The number of nitrogens with one attached hydrogen (secondary N) is 2. The average molecular weight is 350 g/mol. The summed E-state index contributed by atoms with van der Waals surface area (Å²) in [5.74, 6) is -0.617. The number of carbonyl (C=O) groups is 2. The van der Waals surface area contributed by atoms with Gasteiger partial charge in [0.05, 0.1) is 13.2 Å². The topological polar surface area (TPSA) is 102 Å². The van der Waals surface area contributed by atoms with E-state index in [1.165, 1.54) is 0 Å². The number of aromatic nitrogens is 2. The number of rotatable bonds is 8. The summed E-state index contributed by atoms with van der Waals surface area (Å²) in [5.41, 5.74) is 0.948. The number of anilines is 1. The molecule has 1 aromatic carbocycles. The van der Waals surface area contributed by atoms with E-state index in [1.54, 1.807) is 38.5 Å². The SMILES string of the molecule is COCCNC(=O)c1cccc(NC(=O)c2nnc(COC)s2)c1. The number of hydrogen-bond acceptors (Lipinski definition) is 7. The first-order valence-electron chi connectivity index (χ1n) is 7.14. The Balaban J connectivity index is 2.00. The number of benzene rings is 1. The standard InChI is InChI=1S/C15H18N4O4S/c1-22-7-6-16-13(20)10-4-3-5-11(8-10)17-14(21)15-19-18-12(24-15)9-23-2/h3-5,8H,6-7,9H2,1-2H3,(H,16,20)(H,17,21). The first-order chi connectivity index (χ1) is 11.6. The lowest BCUT2D eigenvalue weighted by Gasteiger charge is -2.07. The fourth-order valence-electron chi connectivity index (χ4n) is 1.82. The molecule has 0 aliphatic heterocycles. The fraction of sp³-hybridized carbons (Fsp3) is 0.333. The van der Waals surface area contributed by atoms with Gasteiger partial charge in [-0.1, -0.05) is 17.4 Å². The van der Waals surface area contributed by atoms with E-state index in [4.69, 9.17) is 9.47 Å². The summed E-state index contributed by atoms with van der Waals surface area (Å²) in [6.07, 6.45) is 0. The third-order valence-electron chi connectivity index (χ3n) is 2.90. The van der Waals surface area contributed by atoms with E-state index in [0.29, 0.717) is 36.0 Å². The number of methoxy groups -OCH3 is 2. The molecule has 2 amide bonds. The predicted octanol–water partition coefficient (Wildman–Crippen LogP) is 1.31. The van der Waals surface area contributed by atoms with Gasteiger partial charge in [0.25, 0.3) is 11.8 Å². The van der Waals surface area contributed by atoms with Crippen LogP contribution in [0.4, 0.5) is 5.69 Å². The highest BCUT2D eigenvalue weighted by Gasteiger charge is 2.14. The minimum atomic E-state index is -0.383. The third kappa shape index (κ3) is 5.08. The van der Waals surface area contributed by atoms with Gasteiger partial charge in [-0.25, -0.2) is 0 Å². The zero-order valence-corrected chi connectivity index (χ0v) is 14.2. The largest absolute Gasteiger partial charge is 0.383 e. The zero-order valence-electron chi connectivity index (χ0n) is 13.4. The Kier molecular flexibility index (Phi) is 6.79. The van der Waals surface area contributed by atoms with Crippen LogP contribution in [0.2, 0.25) is 0 Å². The second-order valence-electron chi connectivity index (χ2n) is 4.72. The molecule has 8 nitrogen and oxygen atoms in total. The van der Waals surface area contributed by atoms with Gasteiger partial charge in [-0.15, -0.1) is 10.2 Å². The van der Waals surface area contributed by atoms with Crippen LogP contribution in [-0.4, -0.2) is 49.4 Å². The lowest BCUT2D eigenvalue weighted by Crippen LogP contribution is -2.27. The summed E-state index contributed by atoms with van der Waals surface area (Å²) >= 11 is 1.16. The van der Waals surface area contributed by atoms with Crippen molar-refractivity contribution in [1.82, 2.24) is 15.5 Å². The van der Waals surface area contributed by atoms with Crippen LogP contribution in [0.1, 0.15) is 25.2 Å². The van der Waals surface area contributed by atoms with Gasteiger partial charge in [0.2, 0.25) is 5.01 Å². The predicted molar refractivity (Wildman–Crippen MR) is 89.2 cm³/mol. The number of ether oxygens (including phenoxy) is 2. The molecule has 24 heavy (non-hydrogen) atoms. The maximum Gasteiger partial charge on any atom is 0.286 e. The lowest BCUT2D eigenvalue weighted by molar-refractivity contribution is 0.0936. The summed E-state index contributed by atoms with van der Waals surface area (Å²) in [7, 11) is 3.11. The summed E-state index contributed by atoms with van der Waals surface area (Å²) in [6.45, 7) is 1.16. The first-order valence-corrected chi connectivity index (χ1v) is 7.95. The van der Waals surface area contributed by atoms with Gasteiger partial charge < -0.3 is 20.1 Å². The van der Waals surface area contributed by atoms with E-state index in [2.05, 4.69) is 20.8 Å². The van der Waals surface area contributed by atoms with Gasteiger partial charge in [0, 0.05) is 32.0 Å². The molecule has 0 aliphatic carbocycles. The molecule has 128 valence electrons. The van der Waals surface area contributed by atoms with E-state index >= 15 is 0 Å². The Bertz CT molecular complexity index is 704. The number of carbonyl (C=O) groups excluding carboxylic acids is 2. The summed E-state index contributed by atoms with van der Waals surface area (Å²) in [4.78, 5) is 24.2. The second kappa shape index (κ2) is 9.06. The van der Waals surface area contributed by atoms with Gasteiger partial charge in [-0.2, -0.15) is 0 Å². The van der Waals surface area contributed by atoms with Crippen molar-refractivity contribution in [2.24, 2.45) is 0 Å². The Morgan fingerprint density at radius 2 is 2.00 bits per heavy atom. The van der Waals surface area contributed by atoms with Crippen molar-refractivity contribution in [2.45, 2.75) is 6.61 Å². The van der Waals surface area contributed by atoms with E-state index in [-0.39, 0.29) is 16.8 Å². The second-order valence-corrected chi connectivity index (χ2v) is 5.78. The van der Waals surface area contributed by atoms with Gasteiger partial charge in [-0.3, -0.25) is 9.59 Å². The first kappa shape index (κ1) is 18.0. The molecule has 2 N–H and O–H groups in total. The van der Waals surface area contributed by atoms with Gasteiger partial charge in [-0.05, 0) is 18.2 Å². The molecule has 0 bridgehead atoms. The lowest BCUT2D eigenvalue weighted by atomic mass is 10.2. The maximum absolute atomic E-state index is 12.2. The molecule has 9 heteroatoms. The highest BCUT2D eigenvalue weighted by molar-refractivity contribution is 7.13. The van der Waals surface area contributed by atoms with Crippen LogP contribution in [0, 0.1) is 0 Å². The van der Waals surface area contributed by atoms with Crippen LogP contribution < -0.4 is 10.6 Å². The Morgan fingerprint density at radius 3 is 2.75 bits per heavy atom. The Labute approximate surface area is 143 Å². The molecule has 2 aromatic rings. The molecule has 1 aromatic heterocycles. The zero-order chi connectivity index (χ0) is 17.4. The normalized spacial score (nSPS) is 10.4. The van der Waals surface area contributed by atoms with Crippen molar-refractivity contribution in [3.63, 3.8) is 0 Å². The van der Waals surface area contributed by atoms with Crippen molar-refractivity contribution in [2.75, 3.05) is 32.7 Å². The van der Waals surface area contributed by atoms with Gasteiger partial charge >= 0.3 is 0 Å². The van der Waals surface area contributed by atoms with Crippen LogP contribution in [0.3, 0.4) is 0 Å². The van der Waals surface area contributed by atoms with Crippen molar-refractivity contribution in [1.29, 1.82) is 0 Å². The Morgan fingerprint density at radius 1 is 1.17 bits per heavy atom. The maximum atomic E-state index is 12.2. The van der Waals surface area contributed by atoms with E-state index in [1.807, 2.05) is 0 Å². The molecule has 0 saturated carbocycles. The highest BCUT2D eigenvalue weighted by Crippen LogP contribution is 2.15. The van der Waals surface area contributed by atoms with Crippen molar-refractivity contribution in [3.05, 3.63) is 39.8 Å². The molecule has 0 radical (unpaired) electrons. The minimum absolute atomic E-state index is 0.233. The summed E-state index contributed by atoms with van der Waals surface area (Å²) in [5, 5.41) is 14.0. The molecular weight excluding hydrogens is 332 g/mol. The van der Waals surface area contributed by atoms with Crippen molar-refractivity contribution in [3.8, 4) is 0 Å². The molecule has 1 heterocycles. The van der Waals surface area contributed by atoms with Crippen molar-refractivity contribution >= 4 is 28.8 Å². The molecule has 0 aliphatic rings. The number of nitrogens with zero attached hydrogens (tertiary/aromatic N) is 2. The average Bonchev–Trinajstić information content (AvgIpc) is 3.04. The van der Waals surface area contributed by atoms with Crippen LogP contribution in [0.15, 0.2) is 24.3 Å². The molecule has 0 saturated heterocycles. The van der Waals surface area contributed by atoms with Crippen molar-refractivity contribution < 1.29 is 19.1 Å². The van der Waals surface area contributed by atoms with E-state index in [0.717, 1.165) is 11.3 Å². The van der Waals surface area contributed by atoms with Gasteiger partial charge in [0.1, 0.15) is 5.01 Å². The third-order valence-corrected chi connectivity index (χ3v) is 3.80. The van der Waals surface area contributed by atoms with Crippen LogP contribution in [0.25, 0.3) is 0 Å². The number of hydrogen-bond donors (Lipinski definition) is 2. The van der Waals surface area contributed by atoms with Crippen LogP contribution in [-0.2, 0) is 16.1 Å². The quantitative estimate of drug-likeness (QED) is 0.696. The molecule has 0 atom stereocenters. The smallest absolute Gasteiger partial charge is 0.286 e. The molecular formula is C15H18N4O4S. The monoisotopic (exact) mass is 350 g/mol. The summed E-state index contributed by atoms with van der Waals surface area (Å²) < 4.78 is 9.82. The number of amides is 2. The Hall–Kier alpha value is -2.36. The minimum Gasteiger partial charge on any atom is -0.383 e. The molecule has 0 spiro atoms. The van der Waals surface area contributed by atoms with Crippen LogP contribution >= 0.6 is 11.3 Å². The molecule has 0 fully saturated rings. The van der Waals surface area contributed by atoms with E-state index < -0.39 is 0 Å².